The number of esters is 2. The number of carbonyl (C=O) groups excluding carboxylic acids is 2. The minimum Gasteiger partial charge on any atom is -0.456 e. The molecule has 1 spiro atoms. The standard InChI is InChI=1S/C15H18F2O7S/c16-15(17,25(20,21)22)12(19)23-7-11(18)24-14-2-1-13(14)6-8-3-9(13)5-10(14)4-8/h8-10H,1-7H2,(H,20,21,22). The summed E-state index contributed by atoms with van der Waals surface area (Å²) in [5, 5.41) is -5.12. The van der Waals surface area contributed by atoms with Crippen molar-refractivity contribution in [3.63, 3.8) is 0 Å². The largest absolute Gasteiger partial charge is 0.465 e. The second-order valence-corrected chi connectivity index (χ2v) is 9.22. The maximum atomic E-state index is 13.1. The van der Waals surface area contributed by atoms with Crippen molar-refractivity contribution in [1.82, 2.24) is 0 Å². The van der Waals surface area contributed by atoms with Crippen LogP contribution in [0.5, 0.6) is 0 Å². The molecule has 5 saturated carbocycles. The number of hydrogen-bond acceptors (Lipinski definition) is 6. The van der Waals surface area contributed by atoms with Crippen molar-refractivity contribution in [3.8, 4) is 0 Å². The summed E-state index contributed by atoms with van der Waals surface area (Å²) in [4.78, 5) is 23.2. The van der Waals surface area contributed by atoms with Crippen LogP contribution in [-0.4, -0.2) is 42.4 Å². The first-order valence-corrected chi connectivity index (χ1v) is 9.70. The third kappa shape index (κ3) is 2.06. The van der Waals surface area contributed by atoms with Crippen LogP contribution in [0.3, 0.4) is 0 Å². The van der Waals surface area contributed by atoms with Gasteiger partial charge in [-0.2, -0.15) is 17.2 Å². The van der Waals surface area contributed by atoms with Crippen LogP contribution in [0.25, 0.3) is 0 Å². The maximum Gasteiger partial charge on any atom is 0.465 e. The molecule has 0 aromatic heterocycles. The normalized spacial score (nSPS) is 41.2. The highest BCUT2D eigenvalue weighted by Gasteiger charge is 2.77. The van der Waals surface area contributed by atoms with E-state index < -0.39 is 39.5 Å². The van der Waals surface area contributed by atoms with Gasteiger partial charge < -0.3 is 9.47 Å². The summed E-state index contributed by atoms with van der Waals surface area (Å²) in [6.45, 7) is -1.11. The van der Waals surface area contributed by atoms with E-state index in [0.29, 0.717) is 11.8 Å². The Morgan fingerprint density at radius 2 is 1.84 bits per heavy atom. The van der Waals surface area contributed by atoms with Gasteiger partial charge in [0.2, 0.25) is 0 Å². The van der Waals surface area contributed by atoms with Crippen LogP contribution in [-0.2, 0) is 29.2 Å². The van der Waals surface area contributed by atoms with Crippen molar-refractivity contribution in [2.24, 2.45) is 23.2 Å². The first kappa shape index (κ1) is 17.1. The fourth-order valence-corrected chi connectivity index (χ4v) is 6.30. The maximum absolute atomic E-state index is 13.1. The van der Waals surface area contributed by atoms with E-state index >= 15 is 0 Å². The van der Waals surface area contributed by atoms with Crippen LogP contribution >= 0.6 is 0 Å². The molecule has 1 N–H and O–H groups in total. The Bertz CT molecular complexity index is 751. The number of rotatable bonds is 5. The van der Waals surface area contributed by atoms with E-state index in [2.05, 4.69) is 4.74 Å². The van der Waals surface area contributed by atoms with Gasteiger partial charge >= 0.3 is 27.3 Å². The van der Waals surface area contributed by atoms with Crippen LogP contribution in [0.4, 0.5) is 8.78 Å². The lowest BCUT2D eigenvalue weighted by atomic mass is 9.51. The summed E-state index contributed by atoms with van der Waals surface area (Å²) in [5.74, 6) is -2.00. The molecule has 5 unspecified atom stereocenters. The second kappa shape index (κ2) is 4.91. The zero-order chi connectivity index (χ0) is 18.3. The predicted octanol–water partition coefficient (Wildman–Crippen LogP) is 1.52. The van der Waals surface area contributed by atoms with E-state index in [1.807, 2.05) is 0 Å². The van der Waals surface area contributed by atoms with Gasteiger partial charge in [0.15, 0.2) is 6.61 Å². The summed E-state index contributed by atoms with van der Waals surface area (Å²) in [6, 6.07) is 0. The minimum atomic E-state index is -5.96. The Kier molecular flexibility index (Phi) is 3.36. The van der Waals surface area contributed by atoms with Crippen LogP contribution < -0.4 is 0 Å². The molecule has 10 heteroatoms. The average molecular weight is 380 g/mol. The van der Waals surface area contributed by atoms with Crippen LogP contribution in [0, 0.1) is 23.2 Å². The molecule has 25 heavy (non-hydrogen) atoms. The van der Waals surface area contributed by atoms with E-state index in [1.54, 1.807) is 0 Å². The lowest BCUT2D eigenvalue weighted by molar-refractivity contribution is -0.229. The van der Waals surface area contributed by atoms with Gasteiger partial charge in [0, 0.05) is 5.41 Å². The Labute approximate surface area is 142 Å². The predicted molar refractivity (Wildman–Crippen MR) is 76.9 cm³/mol. The zero-order valence-corrected chi connectivity index (χ0v) is 14.1. The van der Waals surface area contributed by atoms with E-state index in [1.165, 1.54) is 0 Å². The highest BCUT2D eigenvalue weighted by Crippen LogP contribution is 2.78. The molecule has 5 rings (SSSR count). The fraction of sp³-hybridized carbons (Fsp3) is 0.867. The molecule has 5 atom stereocenters. The van der Waals surface area contributed by atoms with Gasteiger partial charge in [-0.05, 0) is 56.3 Å². The molecule has 0 heterocycles. The van der Waals surface area contributed by atoms with Gasteiger partial charge in [0.25, 0.3) is 0 Å². The topological polar surface area (TPSA) is 107 Å². The molecule has 0 aromatic rings. The molecular weight excluding hydrogens is 362 g/mol. The van der Waals surface area contributed by atoms with Crippen molar-refractivity contribution >= 4 is 22.1 Å². The highest BCUT2D eigenvalue weighted by atomic mass is 32.2. The summed E-state index contributed by atoms with van der Waals surface area (Å²) in [6.07, 6.45) is 5.87. The minimum absolute atomic E-state index is 0.0153. The summed E-state index contributed by atoms with van der Waals surface area (Å²) in [5.41, 5.74) is -0.599. The average Bonchev–Trinajstić information content (AvgIpc) is 2.84. The van der Waals surface area contributed by atoms with Crippen molar-refractivity contribution < 1.29 is 40.8 Å². The van der Waals surface area contributed by atoms with Crippen LogP contribution in [0.15, 0.2) is 0 Å². The third-order valence-electron chi connectivity index (χ3n) is 6.86. The van der Waals surface area contributed by atoms with E-state index in [-0.39, 0.29) is 11.3 Å². The molecular formula is C15H18F2O7S. The molecule has 5 fully saturated rings. The SMILES string of the molecule is O=C(COC(=O)C(F)(F)S(=O)(=O)O)OC12CCC13CC1CC3CC2C1. The number of halogens is 2. The number of carbonyl (C=O) groups is 2. The summed E-state index contributed by atoms with van der Waals surface area (Å²) in [7, 11) is -5.96. The quantitative estimate of drug-likeness (QED) is 0.569. The number of ether oxygens (including phenoxy) is 2. The molecule has 0 aliphatic heterocycles. The van der Waals surface area contributed by atoms with E-state index in [4.69, 9.17) is 9.29 Å². The van der Waals surface area contributed by atoms with E-state index in [0.717, 1.165) is 38.5 Å². The van der Waals surface area contributed by atoms with Crippen molar-refractivity contribution in [2.45, 2.75) is 49.4 Å². The third-order valence-corrected chi connectivity index (χ3v) is 7.68. The Hall–Kier alpha value is -1.29. The van der Waals surface area contributed by atoms with Gasteiger partial charge in [-0.25, -0.2) is 9.59 Å². The first-order chi connectivity index (χ1) is 11.5. The van der Waals surface area contributed by atoms with Gasteiger partial charge in [-0.1, -0.05) is 0 Å². The van der Waals surface area contributed by atoms with Gasteiger partial charge in [-0.15, -0.1) is 0 Å². The fourth-order valence-electron chi connectivity index (χ4n) is 6.03. The second-order valence-electron chi connectivity index (χ2n) is 7.76. The first-order valence-electron chi connectivity index (χ1n) is 8.26. The molecule has 0 amide bonds. The van der Waals surface area contributed by atoms with Crippen molar-refractivity contribution in [3.05, 3.63) is 0 Å². The summed E-state index contributed by atoms with van der Waals surface area (Å²) >= 11 is 0. The van der Waals surface area contributed by atoms with Gasteiger partial charge in [0.05, 0.1) is 0 Å². The zero-order valence-electron chi connectivity index (χ0n) is 13.2. The molecule has 0 saturated heterocycles. The molecule has 140 valence electrons. The molecule has 4 bridgehead atoms. The van der Waals surface area contributed by atoms with Crippen molar-refractivity contribution in [1.29, 1.82) is 0 Å². The molecule has 0 aromatic carbocycles. The Morgan fingerprint density at radius 1 is 1.16 bits per heavy atom. The lowest BCUT2D eigenvalue weighted by Gasteiger charge is -2.59. The number of alkyl halides is 2. The van der Waals surface area contributed by atoms with Crippen LogP contribution in [0.1, 0.15) is 38.5 Å². The smallest absolute Gasteiger partial charge is 0.456 e. The molecule has 5 aliphatic carbocycles. The number of hydrogen-bond donors (Lipinski definition) is 1. The Balaban J connectivity index is 1.40. The van der Waals surface area contributed by atoms with Gasteiger partial charge in [-0.3, -0.25) is 4.55 Å². The highest BCUT2D eigenvalue weighted by molar-refractivity contribution is 7.87. The van der Waals surface area contributed by atoms with E-state index in [9.17, 15) is 26.8 Å². The monoisotopic (exact) mass is 380 g/mol. The molecule has 0 radical (unpaired) electrons. The molecule has 5 aliphatic rings. The summed E-state index contributed by atoms with van der Waals surface area (Å²) < 4.78 is 65.2. The molecule has 7 nitrogen and oxygen atoms in total. The van der Waals surface area contributed by atoms with Gasteiger partial charge in [0.1, 0.15) is 5.60 Å². The van der Waals surface area contributed by atoms with Crippen LogP contribution in [0.2, 0.25) is 0 Å². The lowest BCUT2D eigenvalue weighted by Crippen LogP contribution is -2.62. The Morgan fingerprint density at radius 3 is 2.40 bits per heavy atom. The van der Waals surface area contributed by atoms with Crippen molar-refractivity contribution in [2.75, 3.05) is 6.61 Å².